The number of carbonyl (C=O) groups is 1. The molecular weight excluding hydrogens is 366 g/mol. The lowest BCUT2D eigenvalue weighted by Crippen LogP contribution is -2.43. The van der Waals surface area contributed by atoms with Gasteiger partial charge >= 0.3 is 0 Å². The number of aromatic nitrogens is 1. The molecule has 0 radical (unpaired) electrons. The Hall–Kier alpha value is -3.54. The van der Waals surface area contributed by atoms with Crippen molar-refractivity contribution in [2.24, 2.45) is 0 Å². The molecule has 1 atom stereocenters. The van der Waals surface area contributed by atoms with Crippen molar-refractivity contribution < 1.29 is 14.3 Å². The first-order valence-corrected chi connectivity index (χ1v) is 9.67. The molecule has 1 aromatic carbocycles. The number of carbonyl (C=O) groups excluding carboxylic acids is 1. The smallest absolute Gasteiger partial charge is 0.243 e. The minimum atomic E-state index is -0.286. The van der Waals surface area contributed by atoms with Crippen LogP contribution in [0.25, 0.3) is 22.6 Å². The van der Waals surface area contributed by atoms with Crippen molar-refractivity contribution in [1.82, 2.24) is 10.3 Å². The molecule has 1 amide bonds. The maximum Gasteiger partial charge on any atom is 0.243 e. The third-order valence-electron chi connectivity index (χ3n) is 5.07. The predicted molar refractivity (Wildman–Crippen MR) is 113 cm³/mol. The molecular formula is C23H23N3O3. The second kappa shape index (κ2) is 8.22. The van der Waals surface area contributed by atoms with E-state index in [1.54, 1.807) is 24.5 Å². The third kappa shape index (κ3) is 3.87. The summed E-state index contributed by atoms with van der Waals surface area (Å²) in [6.07, 6.45) is 4.96. The molecule has 3 heterocycles. The Morgan fingerprint density at radius 3 is 2.93 bits per heavy atom. The van der Waals surface area contributed by atoms with Crippen molar-refractivity contribution in [2.75, 3.05) is 18.0 Å². The van der Waals surface area contributed by atoms with Crippen LogP contribution in [-0.4, -0.2) is 35.1 Å². The first-order chi connectivity index (χ1) is 14.2. The number of hydrogen-bond acceptors (Lipinski definition) is 5. The summed E-state index contributed by atoms with van der Waals surface area (Å²) in [7, 11) is 0. The fourth-order valence-electron chi connectivity index (χ4n) is 3.68. The zero-order valence-corrected chi connectivity index (χ0v) is 16.0. The van der Waals surface area contributed by atoms with Crippen molar-refractivity contribution in [3.8, 4) is 28.3 Å². The van der Waals surface area contributed by atoms with Crippen LogP contribution < -0.4 is 10.2 Å². The van der Waals surface area contributed by atoms with E-state index >= 15 is 0 Å². The predicted octanol–water partition coefficient (Wildman–Crippen LogP) is 3.99. The maximum atomic E-state index is 12.6. The fraction of sp³-hybridized carbons (Fsp3) is 0.217. The van der Waals surface area contributed by atoms with E-state index in [1.807, 2.05) is 41.3 Å². The number of anilines is 1. The number of aromatic hydroxyl groups is 1. The van der Waals surface area contributed by atoms with Crippen molar-refractivity contribution in [1.29, 1.82) is 0 Å². The Morgan fingerprint density at radius 1 is 1.31 bits per heavy atom. The lowest BCUT2D eigenvalue weighted by molar-refractivity contribution is -0.122. The molecule has 4 rings (SSSR count). The first kappa shape index (κ1) is 18.8. The van der Waals surface area contributed by atoms with Crippen LogP contribution in [0, 0.1) is 0 Å². The van der Waals surface area contributed by atoms with Crippen LogP contribution >= 0.6 is 0 Å². The highest BCUT2D eigenvalue weighted by atomic mass is 16.3. The highest BCUT2D eigenvalue weighted by molar-refractivity contribution is 5.86. The van der Waals surface area contributed by atoms with Gasteiger partial charge in [-0.3, -0.25) is 4.79 Å². The van der Waals surface area contributed by atoms with Crippen LogP contribution in [0.1, 0.15) is 12.8 Å². The van der Waals surface area contributed by atoms with Gasteiger partial charge in [-0.2, -0.15) is 0 Å². The van der Waals surface area contributed by atoms with Gasteiger partial charge in [0, 0.05) is 24.2 Å². The summed E-state index contributed by atoms with van der Waals surface area (Å²) in [6, 6.07) is 14.3. The Bertz CT molecular complexity index is 1010. The lowest BCUT2D eigenvalue weighted by Gasteiger charge is -2.25. The number of benzene rings is 1. The van der Waals surface area contributed by atoms with Gasteiger partial charge < -0.3 is 19.7 Å². The molecule has 1 aliphatic rings. The van der Waals surface area contributed by atoms with E-state index in [0.29, 0.717) is 29.4 Å². The monoisotopic (exact) mass is 389 g/mol. The molecule has 3 aromatic rings. The molecule has 0 spiro atoms. The van der Waals surface area contributed by atoms with E-state index in [9.17, 15) is 9.90 Å². The number of amides is 1. The standard InChI is InChI=1S/C23H23N3O3/c1-2-11-24-23(28)19-8-5-12-26(19)22-15-16(21-10-6-13-29-21)14-18(25-22)17-7-3-4-9-20(17)27/h2-4,6-7,9-10,13-15,19,27H,1,5,8,11-12H2,(H,24,28)/t19-/m0/s1. The van der Waals surface area contributed by atoms with E-state index in [-0.39, 0.29) is 17.7 Å². The number of hydrogen-bond donors (Lipinski definition) is 2. The van der Waals surface area contributed by atoms with Crippen LogP contribution in [0.15, 0.2) is 71.9 Å². The Kier molecular flexibility index (Phi) is 5.33. The maximum absolute atomic E-state index is 12.6. The van der Waals surface area contributed by atoms with Crippen molar-refractivity contribution in [2.45, 2.75) is 18.9 Å². The number of pyridine rings is 1. The summed E-state index contributed by atoms with van der Waals surface area (Å²) >= 11 is 0. The molecule has 1 fully saturated rings. The summed E-state index contributed by atoms with van der Waals surface area (Å²) in [4.78, 5) is 19.4. The van der Waals surface area contributed by atoms with Crippen LogP contribution in [-0.2, 0) is 4.79 Å². The Balaban J connectivity index is 1.77. The zero-order chi connectivity index (χ0) is 20.2. The number of phenols is 1. The molecule has 1 saturated heterocycles. The highest BCUT2D eigenvalue weighted by Gasteiger charge is 2.32. The average molecular weight is 389 g/mol. The average Bonchev–Trinajstić information content (AvgIpc) is 3.44. The molecule has 6 heteroatoms. The highest BCUT2D eigenvalue weighted by Crippen LogP contribution is 2.35. The molecule has 2 aromatic heterocycles. The van der Waals surface area contributed by atoms with E-state index in [0.717, 1.165) is 24.9 Å². The normalized spacial score (nSPS) is 16.0. The SMILES string of the molecule is C=CCNC(=O)[C@@H]1CCCN1c1cc(-c2ccco2)cc(-c2ccccc2O)n1. The van der Waals surface area contributed by atoms with E-state index in [4.69, 9.17) is 9.40 Å². The molecule has 1 aliphatic heterocycles. The van der Waals surface area contributed by atoms with Crippen molar-refractivity contribution in [3.63, 3.8) is 0 Å². The molecule has 0 bridgehead atoms. The van der Waals surface area contributed by atoms with E-state index in [1.165, 1.54) is 0 Å². The minimum Gasteiger partial charge on any atom is -0.507 e. The van der Waals surface area contributed by atoms with Gasteiger partial charge in [-0.25, -0.2) is 4.98 Å². The Morgan fingerprint density at radius 2 is 2.17 bits per heavy atom. The zero-order valence-electron chi connectivity index (χ0n) is 16.0. The van der Waals surface area contributed by atoms with Gasteiger partial charge in [-0.15, -0.1) is 6.58 Å². The summed E-state index contributed by atoms with van der Waals surface area (Å²) in [5.74, 6) is 1.52. The first-order valence-electron chi connectivity index (χ1n) is 9.67. The van der Waals surface area contributed by atoms with Crippen LogP contribution in [0.4, 0.5) is 5.82 Å². The topological polar surface area (TPSA) is 78.6 Å². The van der Waals surface area contributed by atoms with E-state index in [2.05, 4.69) is 11.9 Å². The van der Waals surface area contributed by atoms with Crippen LogP contribution in [0.5, 0.6) is 5.75 Å². The van der Waals surface area contributed by atoms with Crippen molar-refractivity contribution >= 4 is 11.7 Å². The summed E-state index contributed by atoms with van der Waals surface area (Å²) in [6.45, 7) is 4.83. The molecule has 0 saturated carbocycles. The Labute approximate surface area is 169 Å². The third-order valence-corrected chi connectivity index (χ3v) is 5.07. The second-order valence-corrected chi connectivity index (χ2v) is 6.98. The van der Waals surface area contributed by atoms with Gasteiger partial charge in [-0.05, 0) is 49.2 Å². The van der Waals surface area contributed by atoms with Gasteiger partial charge in [-0.1, -0.05) is 18.2 Å². The fourth-order valence-corrected chi connectivity index (χ4v) is 3.68. The molecule has 29 heavy (non-hydrogen) atoms. The quantitative estimate of drug-likeness (QED) is 0.624. The minimum absolute atomic E-state index is 0.0308. The second-order valence-electron chi connectivity index (χ2n) is 6.98. The van der Waals surface area contributed by atoms with Crippen molar-refractivity contribution in [3.05, 3.63) is 67.4 Å². The number of nitrogens with one attached hydrogen (secondary N) is 1. The number of furan rings is 1. The number of nitrogens with zero attached hydrogens (tertiary/aromatic N) is 2. The summed E-state index contributed by atoms with van der Waals surface area (Å²) < 4.78 is 5.59. The molecule has 0 aliphatic carbocycles. The lowest BCUT2D eigenvalue weighted by atomic mass is 10.1. The largest absolute Gasteiger partial charge is 0.507 e. The molecule has 2 N–H and O–H groups in total. The van der Waals surface area contributed by atoms with Gasteiger partial charge in [0.15, 0.2) is 0 Å². The number of phenolic OH excluding ortho intramolecular Hbond substituents is 1. The summed E-state index contributed by atoms with van der Waals surface area (Å²) in [5, 5.41) is 13.2. The number of rotatable bonds is 6. The van der Waals surface area contributed by atoms with Gasteiger partial charge in [0.1, 0.15) is 23.4 Å². The van der Waals surface area contributed by atoms with E-state index < -0.39 is 0 Å². The number of para-hydroxylation sites is 1. The van der Waals surface area contributed by atoms with Gasteiger partial charge in [0.05, 0.1) is 12.0 Å². The molecule has 0 unspecified atom stereocenters. The van der Waals surface area contributed by atoms with Crippen LogP contribution in [0.3, 0.4) is 0 Å². The van der Waals surface area contributed by atoms with Gasteiger partial charge in [0.25, 0.3) is 0 Å². The van der Waals surface area contributed by atoms with Crippen LogP contribution in [0.2, 0.25) is 0 Å². The molecule has 6 nitrogen and oxygen atoms in total. The summed E-state index contributed by atoms with van der Waals surface area (Å²) in [5.41, 5.74) is 2.11. The molecule has 148 valence electrons. The van der Waals surface area contributed by atoms with Gasteiger partial charge in [0.2, 0.25) is 5.91 Å².